The number of guanidine groups is 1. The number of nitrogens with two attached hydrogens (primary N) is 2. The van der Waals surface area contributed by atoms with Gasteiger partial charge in [0.15, 0.2) is 11.0 Å². The van der Waals surface area contributed by atoms with Crippen LogP contribution in [0.3, 0.4) is 0 Å². The van der Waals surface area contributed by atoms with Crippen LogP contribution in [0.2, 0.25) is 0 Å². The molecule has 0 aromatic heterocycles. The number of Topliss-reactive ketones (excluding diaryl/α,β-unsaturated/α-hetero) is 1. The van der Waals surface area contributed by atoms with E-state index in [1.807, 2.05) is 0 Å². The monoisotopic (exact) mass is 406 g/mol. The van der Waals surface area contributed by atoms with Gasteiger partial charge in [0.05, 0.1) is 6.54 Å². The molecule has 1 saturated heterocycles. The number of nitro groups is 1. The number of carboxylic acid groups (broad SMARTS) is 1. The van der Waals surface area contributed by atoms with Crippen molar-refractivity contribution in [3.05, 3.63) is 10.1 Å². The topological polar surface area (TPSA) is 212 Å². The Kier molecular flexibility index (Phi) is 7.63. The molecule has 13 nitrogen and oxygen atoms in total. The van der Waals surface area contributed by atoms with E-state index in [9.17, 15) is 33.2 Å². The maximum absolute atomic E-state index is 13.0. The lowest BCUT2D eigenvalue weighted by Crippen LogP contribution is -2.67. The van der Waals surface area contributed by atoms with Crippen LogP contribution in [0, 0.1) is 16.0 Å². The highest BCUT2D eigenvalue weighted by Gasteiger charge is 2.61. The Balaban J connectivity index is 3.29. The van der Waals surface area contributed by atoms with Gasteiger partial charge in [0.25, 0.3) is 5.54 Å². The Morgan fingerprint density at radius 3 is 2.56 bits per heavy atom. The highest BCUT2D eigenvalue weighted by molar-refractivity contribution is 7.61. The number of hydrogen-bond acceptors (Lipinski definition) is 8. The van der Waals surface area contributed by atoms with Gasteiger partial charge >= 0.3 is 16.5 Å². The highest BCUT2D eigenvalue weighted by atomic mass is 32.2. The molecule has 0 unspecified atom stereocenters. The first-order valence-corrected chi connectivity index (χ1v) is 9.10. The fourth-order valence-corrected chi connectivity index (χ4v) is 3.51. The van der Waals surface area contributed by atoms with E-state index in [4.69, 9.17) is 11.5 Å². The second-order valence-corrected chi connectivity index (χ2v) is 6.92. The summed E-state index contributed by atoms with van der Waals surface area (Å²) < 4.78 is 25.3. The maximum Gasteiger partial charge on any atom is 0.343 e. The Bertz CT molecular complexity index is 755. The van der Waals surface area contributed by atoms with Crippen LogP contribution < -0.4 is 11.5 Å². The third-order valence-corrected chi connectivity index (χ3v) is 4.75. The minimum Gasteiger partial charge on any atom is -0.479 e. The van der Waals surface area contributed by atoms with Crippen molar-refractivity contribution in [2.45, 2.75) is 44.2 Å². The van der Waals surface area contributed by atoms with Gasteiger partial charge in [-0.15, -0.1) is 5.01 Å². The molecule has 0 bridgehead atoms. The number of carbonyl (C=O) groups excluding carboxylic acids is 1. The maximum atomic E-state index is 13.0. The van der Waals surface area contributed by atoms with Gasteiger partial charge < -0.3 is 16.6 Å². The van der Waals surface area contributed by atoms with Crippen LogP contribution in [0.15, 0.2) is 9.36 Å². The zero-order valence-corrected chi connectivity index (χ0v) is 15.5. The van der Waals surface area contributed by atoms with Gasteiger partial charge in [0, 0.05) is 6.54 Å². The minimum absolute atomic E-state index is 0.0581. The Morgan fingerprint density at radius 1 is 1.44 bits per heavy atom. The number of carboxylic acids is 1. The summed E-state index contributed by atoms with van der Waals surface area (Å²) in [6.07, 6.45) is -0.0616. The third-order valence-electron chi connectivity index (χ3n) is 4.32. The van der Waals surface area contributed by atoms with Crippen molar-refractivity contribution in [3.8, 4) is 0 Å². The van der Waals surface area contributed by atoms with E-state index in [0.717, 1.165) is 0 Å². The molecular weight excluding hydrogens is 384 g/mol. The molecule has 1 rings (SSSR count). The molecule has 0 spiro atoms. The van der Waals surface area contributed by atoms with E-state index in [1.165, 1.54) is 0 Å². The van der Waals surface area contributed by atoms with E-state index in [0.29, 0.717) is 11.4 Å². The summed E-state index contributed by atoms with van der Waals surface area (Å²) in [5.41, 5.74) is 7.85. The van der Waals surface area contributed by atoms with Crippen molar-refractivity contribution in [1.29, 1.82) is 0 Å². The molecule has 1 aliphatic rings. The number of carbonyl (C=O) groups is 2. The Labute approximate surface area is 156 Å². The summed E-state index contributed by atoms with van der Waals surface area (Å²) in [5, 5.41) is 20.5. The number of rotatable bonds is 9. The van der Waals surface area contributed by atoms with E-state index in [1.54, 1.807) is 6.92 Å². The molecule has 0 amide bonds. The van der Waals surface area contributed by atoms with Crippen LogP contribution in [-0.4, -0.2) is 65.9 Å². The van der Waals surface area contributed by atoms with Crippen LogP contribution in [0.1, 0.15) is 32.6 Å². The van der Waals surface area contributed by atoms with Gasteiger partial charge in [-0.2, -0.15) is 12.8 Å². The SMILES string of the molecule is C[C@@H]1CCN([N+](=O)[O-])[C@@](C(=O)O)(C(=O)[C@H](CCCN=C(N)N)N=S(=O)=O)C1. The molecule has 0 aromatic rings. The fourth-order valence-electron chi connectivity index (χ4n) is 3.10. The van der Waals surface area contributed by atoms with Crippen LogP contribution in [0.5, 0.6) is 0 Å². The lowest BCUT2D eigenvalue weighted by atomic mass is 9.76. The van der Waals surface area contributed by atoms with Crippen LogP contribution in [-0.2, 0) is 20.1 Å². The van der Waals surface area contributed by atoms with Crippen molar-refractivity contribution >= 4 is 28.2 Å². The first-order chi connectivity index (χ1) is 12.5. The van der Waals surface area contributed by atoms with Gasteiger partial charge in [0.2, 0.25) is 5.78 Å². The third kappa shape index (κ3) is 5.35. The zero-order chi connectivity index (χ0) is 20.8. The quantitative estimate of drug-likeness (QED) is 0.104. The summed E-state index contributed by atoms with van der Waals surface area (Å²) in [6, 6.07) is -1.60. The molecule has 1 heterocycles. The van der Waals surface area contributed by atoms with E-state index in [-0.39, 0.29) is 44.2 Å². The first-order valence-electron chi connectivity index (χ1n) is 8.07. The van der Waals surface area contributed by atoms with E-state index in [2.05, 4.69) is 9.36 Å². The zero-order valence-electron chi connectivity index (χ0n) is 14.6. The molecule has 1 fully saturated rings. The molecule has 5 N–H and O–H groups in total. The summed E-state index contributed by atoms with van der Waals surface area (Å²) >= 11 is 0. The molecule has 27 heavy (non-hydrogen) atoms. The van der Waals surface area contributed by atoms with Crippen LogP contribution in [0.4, 0.5) is 0 Å². The molecule has 1 aliphatic heterocycles. The summed E-state index contributed by atoms with van der Waals surface area (Å²) in [5.74, 6) is -3.35. The van der Waals surface area contributed by atoms with E-state index >= 15 is 0 Å². The predicted octanol–water partition coefficient (Wildman–Crippen LogP) is -1.21. The average molecular weight is 406 g/mol. The van der Waals surface area contributed by atoms with Gasteiger partial charge in [-0.25, -0.2) is 14.9 Å². The lowest BCUT2D eigenvalue weighted by Gasteiger charge is -2.39. The summed E-state index contributed by atoms with van der Waals surface area (Å²) in [4.78, 5) is 40.0. The number of piperidine rings is 1. The van der Waals surface area contributed by atoms with Crippen molar-refractivity contribution in [2.75, 3.05) is 13.1 Å². The fraction of sp³-hybridized carbons (Fsp3) is 0.769. The molecule has 14 heteroatoms. The van der Waals surface area contributed by atoms with Crippen molar-refractivity contribution in [1.82, 2.24) is 5.01 Å². The molecule has 0 radical (unpaired) electrons. The van der Waals surface area contributed by atoms with Crippen molar-refractivity contribution in [3.63, 3.8) is 0 Å². The lowest BCUT2D eigenvalue weighted by molar-refractivity contribution is -0.670. The average Bonchev–Trinajstić information content (AvgIpc) is 2.55. The van der Waals surface area contributed by atoms with E-state index < -0.39 is 38.9 Å². The van der Waals surface area contributed by atoms with Crippen molar-refractivity contribution in [2.24, 2.45) is 26.7 Å². The Hall–Kier alpha value is -2.77. The normalized spacial score (nSPS) is 23.1. The van der Waals surface area contributed by atoms with Gasteiger partial charge in [-0.1, -0.05) is 6.92 Å². The second kappa shape index (κ2) is 9.25. The number of hydrogen-bond donors (Lipinski definition) is 3. The second-order valence-electron chi connectivity index (χ2n) is 6.28. The van der Waals surface area contributed by atoms with Gasteiger partial charge in [-0.05, 0) is 31.6 Å². The first kappa shape index (κ1) is 22.3. The highest BCUT2D eigenvalue weighted by Crippen LogP contribution is 2.35. The molecule has 3 atom stereocenters. The predicted molar refractivity (Wildman–Crippen MR) is 92.5 cm³/mol. The standard InChI is InChI=1S/C13H22N6O7S/c1-8-4-6-18(19(23)24)13(7-8,11(21)22)10(20)9(17-27(25)26)3-2-5-16-12(14)15/h8-9H,2-7H2,1H3,(H,21,22)(H4,14,15,16)/t8-,9+,13-/m1/s1. The minimum atomic E-state index is -3.01. The Morgan fingerprint density at radius 2 is 2.07 bits per heavy atom. The van der Waals surface area contributed by atoms with Gasteiger partial charge in [0.1, 0.15) is 6.04 Å². The number of ketones is 1. The van der Waals surface area contributed by atoms with Gasteiger partial charge in [-0.3, -0.25) is 9.79 Å². The largest absolute Gasteiger partial charge is 0.479 e. The summed E-state index contributed by atoms with van der Waals surface area (Å²) in [6.45, 7) is 1.47. The van der Waals surface area contributed by atoms with Crippen LogP contribution >= 0.6 is 0 Å². The molecular formula is C13H22N6O7S. The molecule has 0 aliphatic carbocycles. The molecule has 0 aromatic carbocycles. The number of hydrazine groups is 1. The number of aliphatic imine (C=N–C) groups is 1. The number of aliphatic carboxylic acids is 1. The van der Waals surface area contributed by atoms with Crippen molar-refractivity contribution < 1.29 is 28.1 Å². The summed E-state index contributed by atoms with van der Waals surface area (Å²) in [7, 11) is -3.01. The van der Waals surface area contributed by atoms with Crippen LogP contribution in [0.25, 0.3) is 0 Å². The molecule has 0 saturated carbocycles. The smallest absolute Gasteiger partial charge is 0.343 e. The number of nitrogens with zero attached hydrogens (tertiary/aromatic N) is 4. The molecule has 152 valence electrons.